The van der Waals surface area contributed by atoms with Gasteiger partial charge in [0.1, 0.15) is 23.1 Å². The maximum absolute atomic E-state index is 13.3. The van der Waals surface area contributed by atoms with Gasteiger partial charge in [-0.2, -0.15) is 0 Å². The van der Waals surface area contributed by atoms with Gasteiger partial charge in [-0.15, -0.1) is 0 Å². The number of carbonyl (C=O) groups is 2. The average Bonchev–Trinajstić information content (AvgIpc) is 3.28. The molecule has 130 valence electrons. The Morgan fingerprint density at radius 3 is 2.64 bits per heavy atom. The van der Waals surface area contributed by atoms with Crippen LogP contribution in [0.5, 0.6) is 0 Å². The topological polar surface area (TPSA) is 66.7 Å². The lowest BCUT2D eigenvalue weighted by atomic mass is 9.85. The number of likely N-dealkylation sites (N-methyl/N-ethyl adjacent to an activating group) is 1. The van der Waals surface area contributed by atoms with E-state index in [-0.39, 0.29) is 11.8 Å². The quantitative estimate of drug-likeness (QED) is 0.843. The van der Waals surface area contributed by atoms with Crippen LogP contribution in [0.25, 0.3) is 11.3 Å². The first-order valence-corrected chi connectivity index (χ1v) is 8.71. The maximum Gasteiger partial charge on any atom is 0.260 e. The van der Waals surface area contributed by atoms with E-state index in [0.29, 0.717) is 17.8 Å². The summed E-state index contributed by atoms with van der Waals surface area (Å²) in [7, 11) is 1.82. The molecule has 2 aliphatic rings. The minimum Gasteiger partial charge on any atom is -0.363 e. The van der Waals surface area contributed by atoms with Gasteiger partial charge in [-0.3, -0.25) is 9.59 Å². The standard InChI is InChI=1S/C19H21N3O3/c1-21-11-5-9-19(18(21)24)10-6-12-22(19)17(23)15-13-25-20-16(15)14-7-3-2-4-8-14/h2-4,7-8,13H,5-6,9-12H2,1H3. The van der Waals surface area contributed by atoms with Gasteiger partial charge in [0.2, 0.25) is 5.91 Å². The van der Waals surface area contributed by atoms with E-state index in [9.17, 15) is 9.59 Å². The summed E-state index contributed by atoms with van der Waals surface area (Å²) < 4.78 is 5.11. The number of carbonyl (C=O) groups excluding carboxylic acids is 2. The second-order valence-corrected chi connectivity index (χ2v) is 6.87. The SMILES string of the molecule is CN1CCCC2(CCCN2C(=O)c2conc2-c2ccccc2)C1=O. The van der Waals surface area contributed by atoms with Gasteiger partial charge in [0, 0.05) is 25.7 Å². The van der Waals surface area contributed by atoms with Gasteiger partial charge in [0.15, 0.2) is 0 Å². The zero-order valence-corrected chi connectivity index (χ0v) is 14.3. The minimum absolute atomic E-state index is 0.0577. The summed E-state index contributed by atoms with van der Waals surface area (Å²) in [6, 6.07) is 9.50. The van der Waals surface area contributed by atoms with Crippen molar-refractivity contribution in [3.05, 3.63) is 42.2 Å². The van der Waals surface area contributed by atoms with E-state index < -0.39 is 5.54 Å². The van der Waals surface area contributed by atoms with Crippen molar-refractivity contribution in [2.45, 2.75) is 31.2 Å². The highest BCUT2D eigenvalue weighted by Gasteiger charge is 2.52. The zero-order chi connectivity index (χ0) is 17.4. The third-order valence-electron chi connectivity index (χ3n) is 5.41. The summed E-state index contributed by atoms with van der Waals surface area (Å²) >= 11 is 0. The Bertz CT molecular complexity index is 801. The number of hydrogen-bond donors (Lipinski definition) is 0. The lowest BCUT2D eigenvalue weighted by molar-refractivity contribution is -0.144. The summed E-state index contributed by atoms with van der Waals surface area (Å²) in [4.78, 5) is 29.7. The van der Waals surface area contributed by atoms with Crippen molar-refractivity contribution in [1.29, 1.82) is 0 Å². The van der Waals surface area contributed by atoms with E-state index >= 15 is 0 Å². The highest BCUT2D eigenvalue weighted by molar-refractivity contribution is 6.03. The van der Waals surface area contributed by atoms with Crippen LogP contribution in [0, 0.1) is 0 Å². The van der Waals surface area contributed by atoms with Crippen LogP contribution in [0.3, 0.4) is 0 Å². The van der Waals surface area contributed by atoms with E-state index in [2.05, 4.69) is 5.16 Å². The van der Waals surface area contributed by atoms with Crippen LogP contribution in [0.4, 0.5) is 0 Å². The largest absolute Gasteiger partial charge is 0.363 e. The van der Waals surface area contributed by atoms with E-state index in [0.717, 1.165) is 37.8 Å². The van der Waals surface area contributed by atoms with Crippen molar-refractivity contribution in [1.82, 2.24) is 15.0 Å². The summed E-state index contributed by atoms with van der Waals surface area (Å²) in [6.07, 6.45) is 4.62. The predicted octanol–water partition coefficient (Wildman–Crippen LogP) is 2.57. The Labute approximate surface area is 146 Å². The molecule has 0 N–H and O–H groups in total. The number of aromatic nitrogens is 1. The van der Waals surface area contributed by atoms with Gasteiger partial charge in [0.25, 0.3) is 5.91 Å². The van der Waals surface area contributed by atoms with Crippen LogP contribution in [-0.4, -0.2) is 52.4 Å². The molecule has 6 heteroatoms. The van der Waals surface area contributed by atoms with Crippen LogP contribution in [0.2, 0.25) is 0 Å². The fourth-order valence-corrected chi connectivity index (χ4v) is 4.17. The highest BCUT2D eigenvalue weighted by Crippen LogP contribution is 2.39. The summed E-state index contributed by atoms with van der Waals surface area (Å²) in [5, 5.41) is 4.03. The molecule has 0 radical (unpaired) electrons. The van der Waals surface area contributed by atoms with E-state index in [4.69, 9.17) is 4.52 Å². The van der Waals surface area contributed by atoms with Crippen LogP contribution >= 0.6 is 0 Å². The number of nitrogens with zero attached hydrogens (tertiary/aromatic N) is 3. The molecular formula is C19H21N3O3. The van der Waals surface area contributed by atoms with Gasteiger partial charge >= 0.3 is 0 Å². The van der Waals surface area contributed by atoms with Crippen molar-refractivity contribution >= 4 is 11.8 Å². The molecule has 3 heterocycles. The first-order chi connectivity index (χ1) is 12.1. The highest BCUT2D eigenvalue weighted by atomic mass is 16.5. The van der Waals surface area contributed by atoms with Crippen molar-refractivity contribution in [2.75, 3.05) is 20.1 Å². The normalized spacial score (nSPS) is 23.5. The Morgan fingerprint density at radius 2 is 1.88 bits per heavy atom. The third-order valence-corrected chi connectivity index (χ3v) is 5.41. The van der Waals surface area contributed by atoms with Crippen molar-refractivity contribution < 1.29 is 14.1 Å². The van der Waals surface area contributed by atoms with E-state index in [1.165, 1.54) is 6.26 Å². The molecule has 2 aliphatic heterocycles. The van der Waals surface area contributed by atoms with E-state index in [1.807, 2.05) is 37.4 Å². The van der Waals surface area contributed by atoms with Crippen LogP contribution in [0.15, 0.2) is 41.1 Å². The van der Waals surface area contributed by atoms with Gasteiger partial charge in [-0.25, -0.2) is 0 Å². The van der Waals surface area contributed by atoms with Crippen LogP contribution in [0.1, 0.15) is 36.0 Å². The molecule has 0 saturated carbocycles. The average molecular weight is 339 g/mol. The molecule has 0 aliphatic carbocycles. The van der Waals surface area contributed by atoms with Crippen molar-refractivity contribution in [3.8, 4) is 11.3 Å². The molecule has 1 spiro atoms. The minimum atomic E-state index is -0.699. The second-order valence-electron chi connectivity index (χ2n) is 6.87. The molecule has 4 rings (SSSR count). The fraction of sp³-hybridized carbons (Fsp3) is 0.421. The molecule has 2 amide bonds. The van der Waals surface area contributed by atoms with Crippen LogP contribution < -0.4 is 0 Å². The number of rotatable bonds is 2. The van der Waals surface area contributed by atoms with Gasteiger partial charge < -0.3 is 14.3 Å². The molecule has 1 aromatic carbocycles. The molecule has 1 aromatic heterocycles. The predicted molar refractivity (Wildman–Crippen MR) is 91.8 cm³/mol. The molecule has 2 aromatic rings. The Kier molecular flexibility index (Phi) is 3.82. The first-order valence-electron chi connectivity index (χ1n) is 8.71. The lowest BCUT2D eigenvalue weighted by Gasteiger charge is -2.43. The zero-order valence-electron chi connectivity index (χ0n) is 14.3. The molecule has 1 atom stereocenters. The number of benzene rings is 1. The molecule has 2 saturated heterocycles. The van der Waals surface area contributed by atoms with Crippen molar-refractivity contribution in [3.63, 3.8) is 0 Å². The van der Waals surface area contributed by atoms with Gasteiger partial charge in [0.05, 0.1) is 0 Å². The fourth-order valence-electron chi connectivity index (χ4n) is 4.17. The molecule has 1 unspecified atom stereocenters. The van der Waals surface area contributed by atoms with E-state index in [1.54, 1.807) is 9.80 Å². The monoisotopic (exact) mass is 339 g/mol. The summed E-state index contributed by atoms with van der Waals surface area (Å²) in [5.74, 6) is -0.108. The number of amides is 2. The Balaban J connectivity index is 1.70. The first kappa shape index (κ1) is 15.9. The second kappa shape index (κ2) is 6.02. The Morgan fingerprint density at radius 1 is 1.16 bits per heavy atom. The molecule has 6 nitrogen and oxygen atoms in total. The Hall–Kier alpha value is -2.63. The van der Waals surface area contributed by atoms with Gasteiger partial charge in [-0.1, -0.05) is 35.5 Å². The third kappa shape index (κ3) is 2.44. The number of piperidine rings is 1. The maximum atomic E-state index is 13.3. The van der Waals surface area contributed by atoms with Crippen molar-refractivity contribution in [2.24, 2.45) is 0 Å². The number of likely N-dealkylation sites (tertiary alicyclic amines) is 2. The molecular weight excluding hydrogens is 318 g/mol. The molecule has 2 fully saturated rings. The number of hydrogen-bond acceptors (Lipinski definition) is 4. The van der Waals surface area contributed by atoms with Gasteiger partial charge in [-0.05, 0) is 25.7 Å². The smallest absolute Gasteiger partial charge is 0.260 e. The summed E-state index contributed by atoms with van der Waals surface area (Å²) in [5.41, 5.74) is 1.09. The summed E-state index contributed by atoms with van der Waals surface area (Å²) in [6.45, 7) is 1.35. The van der Waals surface area contributed by atoms with Crippen LogP contribution in [-0.2, 0) is 4.79 Å². The molecule has 25 heavy (non-hydrogen) atoms. The lowest BCUT2D eigenvalue weighted by Crippen LogP contribution is -2.60. The molecule has 0 bridgehead atoms.